The van der Waals surface area contributed by atoms with Crippen molar-refractivity contribution in [2.45, 2.75) is 26.9 Å². The Balaban J connectivity index is 2.29. The van der Waals surface area contributed by atoms with Gasteiger partial charge in [-0.05, 0) is 12.1 Å². The van der Waals surface area contributed by atoms with Crippen molar-refractivity contribution >= 4 is 22.8 Å². The molecule has 0 fully saturated rings. The van der Waals surface area contributed by atoms with Gasteiger partial charge in [-0.2, -0.15) is 0 Å². The van der Waals surface area contributed by atoms with Crippen molar-refractivity contribution in [2.24, 2.45) is 5.92 Å². The molecule has 1 aromatic carbocycles. The van der Waals surface area contributed by atoms with E-state index in [4.69, 9.17) is 0 Å². The first kappa shape index (κ1) is 19.4. The third kappa shape index (κ3) is 4.59. The fourth-order valence-corrected chi connectivity index (χ4v) is 2.63. The van der Waals surface area contributed by atoms with Crippen LogP contribution in [0.25, 0.3) is 11.0 Å². The molecule has 0 radical (unpaired) electrons. The average Bonchev–Trinajstić information content (AvgIpc) is 2.97. The van der Waals surface area contributed by atoms with Crippen LogP contribution in [-0.2, 0) is 22.7 Å². The molecular weight excluding hydrogens is 328 g/mol. The van der Waals surface area contributed by atoms with Gasteiger partial charge in [-0.1, -0.05) is 38.1 Å². The van der Waals surface area contributed by atoms with Gasteiger partial charge in [-0.3, -0.25) is 9.59 Å². The van der Waals surface area contributed by atoms with Gasteiger partial charge in [-0.25, -0.2) is 4.98 Å². The SMILES string of the molecule is C=CCN(CC=C)C(=O)Cn1c(CNC(=O)C(C)C)nc2ccccc21. The lowest BCUT2D eigenvalue weighted by atomic mass is 10.2. The van der Waals surface area contributed by atoms with Crippen molar-refractivity contribution in [1.82, 2.24) is 19.8 Å². The first-order valence-electron chi connectivity index (χ1n) is 8.69. The number of aromatic nitrogens is 2. The van der Waals surface area contributed by atoms with Crippen molar-refractivity contribution in [2.75, 3.05) is 13.1 Å². The van der Waals surface area contributed by atoms with Crippen LogP contribution in [0.1, 0.15) is 19.7 Å². The maximum Gasteiger partial charge on any atom is 0.243 e. The normalized spacial score (nSPS) is 10.7. The summed E-state index contributed by atoms with van der Waals surface area (Å²) in [4.78, 5) is 30.9. The van der Waals surface area contributed by atoms with Crippen LogP contribution in [0.3, 0.4) is 0 Å². The highest BCUT2D eigenvalue weighted by atomic mass is 16.2. The van der Waals surface area contributed by atoms with E-state index in [0.717, 1.165) is 11.0 Å². The molecule has 0 spiro atoms. The van der Waals surface area contributed by atoms with Gasteiger partial charge in [0.1, 0.15) is 12.4 Å². The number of nitrogens with one attached hydrogen (secondary N) is 1. The van der Waals surface area contributed by atoms with Crippen LogP contribution >= 0.6 is 0 Å². The Hall–Kier alpha value is -2.89. The van der Waals surface area contributed by atoms with E-state index in [9.17, 15) is 9.59 Å². The second-order valence-electron chi connectivity index (χ2n) is 6.35. The van der Waals surface area contributed by atoms with Crippen molar-refractivity contribution < 1.29 is 9.59 Å². The fourth-order valence-electron chi connectivity index (χ4n) is 2.63. The minimum Gasteiger partial charge on any atom is -0.349 e. The summed E-state index contributed by atoms with van der Waals surface area (Å²) in [6.07, 6.45) is 3.38. The standard InChI is InChI=1S/C20H26N4O2/c1-5-11-23(12-6-2)19(25)14-24-17-10-8-7-9-16(17)22-18(24)13-21-20(26)15(3)4/h5-10,15H,1-2,11-14H2,3-4H3,(H,21,26). The highest BCUT2D eigenvalue weighted by Crippen LogP contribution is 2.16. The molecule has 1 aromatic heterocycles. The summed E-state index contributed by atoms with van der Waals surface area (Å²) in [5, 5.41) is 2.87. The molecule has 1 heterocycles. The number of para-hydroxylation sites is 2. The second-order valence-corrected chi connectivity index (χ2v) is 6.35. The van der Waals surface area contributed by atoms with Gasteiger partial charge in [0.25, 0.3) is 0 Å². The molecule has 0 bridgehead atoms. The smallest absolute Gasteiger partial charge is 0.243 e. The van der Waals surface area contributed by atoms with Crippen LogP contribution in [0.2, 0.25) is 0 Å². The monoisotopic (exact) mass is 354 g/mol. The summed E-state index contributed by atoms with van der Waals surface area (Å²) in [6, 6.07) is 7.64. The van der Waals surface area contributed by atoms with E-state index in [1.807, 2.05) is 42.7 Å². The van der Waals surface area contributed by atoms with Gasteiger partial charge in [0.05, 0.1) is 17.6 Å². The Morgan fingerprint density at radius 2 is 1.88 bits per heavy atom. The Kier molecular flexibility index (Phi) is 6.72. The van der Waals surface area contributed by atoms with E-state index in [0.29, 0.717) is 18.9 Å². The van der Waals surface area contributed by atoms with Crippen molar-refractivity contribution in [3.63, 3.8) is 0 Å². The summed E-state index contributed by atoms with van der Waals surface area (Å²) in [7, 11) is 0. The molecular formula is C20H26N4O2. The van der Waals surface area contributed by atoms with Gasteiger partial charge in [-0.15, -0.1) is 13.2 Å². The van der Waals surface area contributed by atoms with E-state index < -0.39 is 0 Å². The van der Waals surface area contributed by atoms with Crippen LogP contribution in [0, 0.1) is 5.92 Å². The molecule has 2 aromatic rings. The van der Waals surface area contributed by atoms with Gasteiger partial charge in [0.2, 0.25) is 11.8 Å². The molecule has 0 atom stereocenters. The second kappa shape index (κ2) is 8.99. The van der Waals surface area contributed by atoms with Crippen molar-refractivity contribution in [3.05, 3.63) is 55.4 Å². The van der Waals surface area contributed by atoms with Gasteiger partial charge < -0.3 is 14.8 Å². The maximum atomic E-state index is 12.7. The highest BCUT2D eigenvalue weighted by Gasteiger charge is 2.18. The van der Waals surface area contributed by atoms with Crippen LogP contribution in [0.5, 0.6) is 0 Å². The molecule has 26 heavy (non-hydrogen) atoms. The molecule has 0 aliphatic carbocycles. The lowest BCUT2D eigenvalue weighted by molar-refractivity contribution is -0.130. The molecule has 2 rings (SSSR count). The van der Waals surface area contributed by atoms with E-state index in [1.165, 1.54) is 0 Å². The first-order valence-corrected chi connectivity index (χ1v) is 8.69. The van der Waals surface area contributed by atoms with Crippen LogP contribution < -0.4 is 5.32 Å². The minimum absolute atomic E-state index is 0.0464. The minimum atomic E-state index is -0.106. The number of imidazole rings is 1. The van der Waals surface area contributed by atoms with Gasteiger partial charge in [0, 0.05) is 19.0 Å². The Morgan fingerprint density at radius 3 is 2.50 bits per heavy atom. The number of hydrogen-bond donors (Lipinski definition) is 1. The predicted octanol–water partition coefficient (Wildman–Crippen LogP) is 2.51. The van der Waals surface area contributed by atoms with Crippen LogP contribution in [0.15, 0.2) is 49.6 Å². The molecule has 0 saturated heterocycles. The maximum absolute atomic E-state index is 12.7. The summed E-state index contributed by atoms with van der Waals surface area (Å²) in [6.45, 7) is 12.4. The largest absolute Gasteiger partial charge is 0.349 e. The van der Waals surface area contributed by atoms with Crippen molar-refractivity contribution in [1.29, 1.82) is 0 Å². The number of rotatable bonds is 9. The number of fused-ring (bicyclic) bond motifs is 1. The number of benzene rings is 1. The summed E-state index contributed by atoms with van der Waals surface area (Å²) < 4.78 is 1.86. The number of amides is 2. The Bertz CT molecular complexity index is 797. The summed E-state index contributed by atoms with van der Waals surface area (Å²) in [5.74, 6) is 0.454. The van der Waals surface area contributed by atoms with E-state index in [2.05, 4.69) is 23.5 Å². The van der Waals surface area contributed by atoms with E-state index in [-0.39, 0.29) is 30.8 Å². The number of carbonyl (C=O) groups excluding carboxylic acids is 2. The molecule has 2 amide bonds. The molecule has 0 aliphatic rings. The molecule has 6 nitrogen and oxygen atoms in total. The summed E-state index contributed by atoms with van der Waals surface area (Å²) in [5.41, 5.74) is 1.67. The first-order chi connectivity index (χ1) is 12.5. The van der Waals surface area contributed by atoms with Crippen LogP contribution in [0.4, 0.5) is 0 Å². The zero-order valence-electron chi connectivity index (χ0n) is 15.4. The lowest BCUT2D eigenvalue weighted by Gasteiger charge is -2.20. The zero-order chi connectivity index (χ0) is 19.1. The number of nitrogens with zero attached hydrogens (tertiary/aromatic N) is 3. The third-order valence-electron chi connectivity index (χ3n) is 4.02. The third-order valence-corrected chi connectivity index (χ3v) is 4.02. The molecule has 0 aliphatic heterocycles. The molecule has 138 valence electrons. The molecule has 6 heteroatoms. The van der Waals surface area contributed by atoms with Gasteiger partial charge >= 0.3 is 0 Å². The zero-order valence-corrected chi connectivity index (χ0v) is 15.4. The Morgan fingerprint density at radius 1 is 1.23 bits per heavy atom. The Labute approximate surface area is 154 Å². The highest BCUT2D eigenvalue weighted by molar-refractivity contribution is 5.82. The lowest BCUT2D eigenvalue weighted by Crippen LogP contribution is -2.35. The van der Waals surface area contributed by atoms with Gasteiger partial charge in [0.15, 0.2) is 0 Å². The number of carbonyl (C=O) groups is 2. The van der Waals surface area contributed by atoms with Crippen LogP contribution in [-0.4, -0.2) is 39.4 Å². The topological polar surface area (TPSA) is 67.2 Å². The fraction of sp³-hybridized carbons (Fsp3) is 0.350. The van der Waals surface area contributed by atoms with E-state index >= 15 is 0 Å². The molecule has 0 unspecified atom stereocenters. The summed E-state index contributed by atoms with van der Waals surface area (Å²) >= 11 is 0. The molecule has 1 N–H and O–H groups in total. The average molecular weight is 354 g/mol. The molecule has 0 saturated carbocycles. The quantitative estimate of drug-likeness (QED) is 0.704. The van der Waals surface area contributed by atoms with E-state index in [1.54, 1.807) is 17.1 Å². The predicted molar refractivity (Wildman–Crippen MR) is 103 cm³/mol. The number of hydrogen-bond acceptors (Lipinski definition) is 3. The van der Waals surface area contributed by atoms with Crippen molar-refractivity contribution in [3.8, 4) is 0 Å².